The summed E-state index contributed by atoms with van der Waals surface area (Å²) in [5.74, 6) is 0.0671. The van der Waals surface area contributed by atoms with E-state index in [1.165, 1.54) is 18.2 Å². The van der Waals surface area contributed by atoms with Gasteiger partial charge in [-0.25, -0.2) is 0 Å². The molecular formula is C26H20BrN3O4. The summed E-state index contributed by atoms with van der Waals surface area (Å²) in [6, 6.07) is 20.6. The average molecular weight is 518 g/mol. The monoisotopic (exact) mass is 517 g/mol. The summed E-state index contributed by atoms with van der Waals surface area (Å²) in [7, 11) is 0. The molecule has 0 saturated carbocycles. The van der Waals surface area contributed by atoms with Crippen molar-refractivity contribution in [2.24, 2.45) is 0 Å². The van der Waals surface area contributed by atoms with Crippen LogP contribution in [-0.2, 0) is 17.8 Å². The highest BCUT2D eigenvalue weighted by molar-refractivity contribution is 9.10. The van der Waals surface area contributed by atoms with Crippen LogP contribution in [0.4, 0.5) is 11.4 Å². The van der Waals surface area contributed by atoms with Crippen molar-refractivity contribution >= 4 is 39.3 Å². The minimum atomic E-state index is -0.517. The van der Waals surface area contributed by atoms with E-state index in [1.807, 2.05) is 18.2 Å². The van der Waals surface area contributed by atoms with Crippen molar-refractivity contribution in [2.45, 2.75) is 13.0 Å². The molecule has 0 aliphatic carbocycles. The fraction of sp³-hybridized carbons (Fsp3) is 0.0769. The van der Waals surface area contributed by atoms with E-state index in [0.29, 0.717) is 29.0 Å². The molecule has 7 nitrogen and oxygen atoms in total. The molecule has 0 aromatic heterocycles. The van der Waals surface area contributed by atoms with Gasteiger partial charge in [0, 0.05) is 22.3 Å². The number of carbonyl (C=O) groups is 1. The molecule has 0 aliphatic rings. The van der Waals surface area contributed by atoms with E-state index in [4.69, 9.17) is 4.74 Å². The van der Waals surface area contributed by atoms with Crippen LogP contribution in [0.2, 0.25) is 0 Å². The van der Waals surface area contributed by atoms with Crippen LogP contribution in [0.3, 0.4) is 0 Å². The maximum atomic E-state index is 12.6. The average Bonchev–Trinajstić information content (AvgIpc) is 2.82. The second kappa shape index (κ2) is 11.6. The number of ether oxygens (including phenoxy) is 1. The normalized spacial score (nSPS) is 10.8. The number of benzene rings is 3. The number of anilines is 1. The summed E-state index contributed by atoms with van der Waals surface area (Å²) in [4.78, 5) is 23.1. The van der Waals surface area contributed by atoms with E-state index >= 15 is 0 Å². The summed E-state index contributed by atoms with van der Waals surface area (Å²) < 4.78 is 6.70. The van der Waals surface area contributed by atoms with Gasteiger partial charge in [-0.15, -0.1) is 6.58 Å². The van der Waals surface area contributed by atoms with Gasteiger partial charge in [-0.05, 0) is 59.5 Å². The Morgan fingerprint density at radius 2 is 1.97 bits per heavy atom. The molecule has 170 valence electrons. The Kier molecular flexibility index (Phi) is 8.32. The van der Waals surface area contributed by atoms with Gasteiger partial charge < -0.3 is 10.1 Å². The van der Waals surface area contributed by atoms with Crippen molar-refractivity contribution in [1.82, 2.24) is 0 Å². The van der Waals surface area contributed by atoms with Crippen LogP contribution < -0.4 is 10.1 Å². The van der Waals surface area contributed by atoms with Crippen LogP contribution in [0.1, 0.15) is 16.7 Å². The summed E-state index contributed by atoms with van der Waals surface area (Å²) in [5, 5.41) is 23.2. The molecule has 0 saturated heterocycles. The van der Waals surface area contributed by atoms with E-state index in [0.717, 1.165) is 10.0 Å². The molecule has 0 spiro atoms. The summed E-state index contributed by atoms with van der Waals surface area (Å²) in [5.41, 5.74) is 2.64. The van der Waals surface area contributed by atoms with Gasteiger partial charge in [0.05, 0.1) is 4.92 Å². The largest absolute Gasteiger partial charge is 0.489 e. The van der Waals surface area contributed by atoms with E-state index in [9.17, 15) is 20.2 Å². The Morgan fingerprint density at radius 1 is 1.18 bits per heavy atom. The van der Waals surface area contributed by atoms with Crippen LogP contribution in [0.25, 0.3) is 6.08 Å². The smallest absolute Gasteiger partial charge is 0.269 e. The highest BCUT2D eigenvalue weighted by Gasteiger charge is 2.12. The first-order valence-corrected chi connectivity index (χ1v) is 11.0. The van der Waals surface area contributed by atoms with Gasteiger partial charge in [-0.2, -0.15) is 5.26 Å². The van der Waals surface area contributed by atoms with Crippen LogP contribution >= 0.6 is 15.9 Å². The molecule has 0 fully saturated rings. The first kappa shape index (κ1) is 24.4. The molecule has 0 atom stereocenters. The maximum absolute atomic E-state index is 12.6. The summed E-state index contributed by atoms with van der Waals surface area (Å²) >= 11 is 3.35. The van der Waals surface area contributed by atoms with Gasteiger partial charge in [-0.1, -0.05) is 46.3 Å². The van der Waals surface area contributed by atoms with Crippen molar-refractivity contribution in [3.8, 4) is 11.8 Å². The number of nitrogens with one attached hydrogen (secondary N) is 1. The molecule has 34 heavy (non-hydrogen) atoms. The van der Waals surface area contributed by atoms with Gasteiger partial charge in [0.15, 0.2) is 0 Å². The number of non-ortho nitro benzene ring substituents is 1. The summed E-state index contributed by atoms with van der Waals surface area (Å²) in [6.45, 7) is 3.92. The standard InChI is InChI=1S/C26H20BrN3O4/c1-2-5-20-12-18(13-21(16-28)26(31)29-23-8-4-7-22(27)15-23)10-11-25(20)34-17-19-6-3-9-24(14-19)30(32)33/h2-4,6-15H,1,5,17H2,(H,29,31)/b21-13-. The first-order valence-electron chi connectivity index (χ1n) is 10.2. The van der Waals surface area contributed by atoms with Crippen molar-refractivity contribution in [2.75, 3.05) is 5.32 Å². The molecule has 8 heteroatoms. The minimum Gasteiger partial charge on any atom is -0.489 e. The quantitative estimate of drug-likeness (QED) is 0.119. The van der Waals surface area contributed by atoms with Crippen LogP contribution in [-0.4, -0.2) is 10.8 Å². The minimum absolute atomic E-state index is 0.00179. The zero-order valence-electron chi connectivity index (χ0n) is 18.0. The van der Waals surface area contributed by atoms with Gasteiger partial charge in [0.1, 0.15) is 24.0 Å². The first-order chi connectivity index (χ1) is 16.4. The Bertz CT molecular complexity index is 1310. The molecular weight excluding hydrogens is 498 g/mol. The van der Waals surface area contributed by atoms with Gasteiger partial charge in [0.2, 0.25) is 0 Å². The van der Waals surface area contributed by atoms with Crippen LogP contribution in [0, 0.1) is 21.4 Å². The van der Waals surface area contributed by atoms with Gasteiger partial charge >= 0.3 is 0 Å². The molecule has 0 unspecified atom stereocenters. The molecule has 3 rings (SSSR count). The fourth-order valence-electron chi connectivity index (χ4n) is 3.15. The number of nitro groups is 1. The maximum Gasteiger partial charge on any atom is 0.269 e. The summed E-state index contributed by atoms with van der Waals surface area (Å²) in [6.07, 6.45) is 3.72. The number of rotatable bonds is 9. The zero-order valence-corrected chi connectivity index (χ0v) is 19.6. The third kappa shape index (κ3) is 6.64. The fourth-order valence-corrected chi connectivity index (χ4v) is 3.55. The molecule has 0 aliphatic heterocycles. The third-order valence-corrected chi connectivity index (χ3v) is 5.22. The molecule has 3 aromatic carbocycles. The van der Waals surface area contributed by atoms with Crippen molar-refractivity contribution in [3.63, 3.8) is 0 Å². The second-order valence-corrected chi connectivity index (χ2v) is 8.13. The predicted octanol–water partition coefficient (Wildman–Crippen LogP) is 6.21. The molecule has 1 amide bonds. The van der Waals surface area contributed by atoms with Crippen LogP contribution in [0.15, 0.2) is 89.4 Å². The Hall–Kier alpha value is -4.22. The highest BCUT2D eigenvalue weighted by atomic mass is 79.9. The predicted molar refractivity (Wildman–Crippen MR) is 134 cm³/mol. The number of hydrogen-bond acceptors (Lipinski definition) is 5. The number of halogens is 1. The van der Waals surface area contributed by atoms with Gasteiger partial charge in [0.25, 0.3) is 11.6 Å². The van der Waals surface area contributed by atoms with E-state index in [1.54, 1.807) is 48.5 Å². The van der Waals surface area contributed by atoms with Crippen LogP contribution in [0.5, 0.6) is 5.75 Å². The number of amides is 1. The lowest BCUT2D eigenvalue weighted by Gasteiger charge is -2.12. The second-order valence-electron chi connectivity index (χ2n) is 7.21. The Labute approximate surface area is 205 Å². The highest BCUT2D eigenvalue weighted by Crippen LogP contribution is 2.25. The molecule has 3 aromatic rings. The third-order valence-electron chi connectivity index (χ3n) is 4.72. The van der Waals surface area contributed by atoms with Crippen molar-refractivity contribution in [1.29, 1.82) is 5.26 Å². The molecule has 0 bridgehead atoms. The van der Waals surface area contributed by atoms with E-state index < -0.39 is 10.8 Å². The Balaban J connectivity index is 1.79. The molecule has 0 heterocycles. The van der Waals surface area contributed by atoms with Gasteiger partial charge in [-0.3, -0.25) is 14.9 Å². The van der Waals surface area contributed by atoms with Crippen molar-refractivity contribution < 1.29 is 14.5 Å². The topological polar surface area (TPSA) is 105 Å². The van der Waals surface area contributed by atoms with E-state index in [2.05, 4.69) is 27.8 Å². The lowest BCUT2D eigenvalue weighted by molar-refractivity contribution is -0.384. The Morgan fingerprint density at radius 3 is 2.68 bits per heavy atom. The number of nitriles is 1. The molecule has 1 N–H and O–H groups in total. The lowest BCUT2D eigenvalue weighted by Crippen LogP contribution is -2.13. The SMILES string of the molecule is C=CCc1cc(/C=C(/C#N)C(=O)Nc2cccc(Br)c2)ccc1OCc1cccc([N+](=O)[O-])c1. The van der Waals surface area contributed by atoms with E-state index in [-0.39, 0.29) is 17.9 Å². The molecule has 0 radical (unpaired) electrons. The number of nitro benzene ring substituents is 1. The number of hydrogen-bond donors (Lipinski definition) is 1. The van der Waals surface area contributed by atoms with Crippen molar-refractivity contribution in [3.05, 3.63) is 116 Å². The number of nitrogens with zero attached hydrogens (tertiary/aromatic N) is 2. The number of carbonyl (C=O) groups excluding carboxylic acids is 1. The lowest BCUT2D eigenvalue weighted by atomic mass is 10.0. The number of allylic oxidation sites excluding steroid dienone is 1. The zero-order chi connectivity index (χ0) is 24.5.